The summed E-state index contributed by atoms with van der Waals surface area (Å²) >= 11 is 9.45. The molecule has 1 amide bonds. The largest absolute Gasteiger partial charge is 0.489 e. The van der Waals surface area contributed by atoms with Gasteiger partial charge in [-0.2, -0.15) is 5.10 Å². The first-order valence-corrected chi connectivity index (χ1v) is 9.92. The summed E-state index contributed by atoms with van der Waals surface area (Å²) in [4.78, 5) is 14.5. The number of ether oxygens (including phenoxy) is 1. The molecule has 1 aromatic heterocycles. The number of aromatic nitrogens is 2. The Morgan fingerprint density at radius 2 is 2.07 bits per heavy atom. The molecule has 28 heavy (non-hydrogen) atoms. The van der Waals surface area contributed by atoms with Crippen LogP contribution in [0.15, 0.2) is 53.1 Å². The van der Waals surface area contributed by atoms with E-state index in [1.54, 1.807) is 28.9 Å². The Kier molecular flexibility index (Phi) is 6.42. The van der Waals surface area contributed by atoms with Crippen LogP contribution in [0.5, 0.6) is 5.75 Å². The molecule has 0 aliphatic carbocycles. The highest BCUT2D eigenvalue weighted by molar-refractivity contribution is 9.10. The number of halogens is 2. The maximum absolute atomic E-state index is 12.8. The first-order chi connectivity index (χ1) is 13.3. The van der Waals surface area contributed by atoms with Crippen molar-refractivity contribution in [1.82, 2.24) is 14.7 Å². The molecule has 1 heterocycles. The molecule has 0 aliphatic rings. The van der Waals surface area contributed by atoms with Crippen molar-refractivity contribution in [2.24, 2.45) is 7.05 Å². The van der Waals surface area contributed by atoms with Gasteiger partial charge in [-0.1, -0.05) is 23.7 Å². The molecule has 0 radical (unpaired) electrons. The third kappa shape index (κ3) is 4.75. The minimum Gasteiger partial charge on any atom is -0.489 e. The van der Waals surface area contributed by atoms with Crippen LogP contribution in [0.3, 0.4) is 0 Å². The van der Waals surface area contributed by atoms with Crippen molar-refractivity contribution in [1.29, 1.82) is 0 Å². The molecular formula is C21H21BrClN3O2. The van der Waals surface area contributed by atoms with Crippen LogP contribution in [0.1, 0.15) is 27.2 Å². The maximum Gasteiger partial charge on any atom is 0.253 e. The number of aryl methyl sites for hydroxylation is 2. The van der Waals surface area contributed by atoms with E-state index < -0.39 is 0 Å². The van der Waals surface area contributed by atoms with Gasteiger partial charge < -0.3 is 9.64 Å². The summed E-state index contributed by atoms with van der Waals surface area (Å²) in [6.45, 7) is 2.79. The second kappa shape index (κ2) is 8.80. The zero-order chi connectivity index (χ0) is 20.3. The molecule has 0 spiro atoms. The van der Waals surface area contributed by atoms with Crippen molar-refractivity contribution >= 4 is 33.4 Å². The third-order valence-corrected chi connectivity index (χ3v) is 5.35. The molecule has 0 N–H and O–H groups in total. The fraction of sp³-hybridized carbons (Fsp3) is 0.238. The third-order valence-electron chi connectivity index (χ3n) is 4.45. The summed E-state index contributed by atoms with van der Waals surface area (Å²) in [6, 6.07) is 13.0. The predicted octanol–water partition coefficient (Wildman–Crippen LogP) is 5.00. The first-order valence-electron chi connectivity index (χ1n) is 8.75. The van der Waals surface area contributed by atoms with Gasteiger partial charge in [0.1, 0.15) is 12.4 Å². The number of hydrogen-bond donors (Lipinski definition) is 0. The molecule has 0 fully saturated rings. The van der Waals surface area contributed by atoms with Crippen LogP contribution in [0.2, 0.25) is 5.02 Å². The maximum atomic E-state index is 12.8. The quantitative estimate of drug-likeness (QED) is 0.518. The van der Waals surface area contributed by atoms with Gasteiger partial charge in [-0.15, -0.1) is 0 Å². The Labute approximate surface area is 178 Å². The molecular weight excluding hydrogens is 442 g/mol. The first kappa shape index (κ1) is 20.4. The summed E-state index contributed by atoms with van der Waals surface area (Å²) in [7, 11) is 3.64. The van der Waals surface area contributed by atoms with Crippen LogP contribution < -0.4 is 4.74 Å². The highest BCUT2D eigenvalue weighted by atomic mass is 79.9. The van der Waals surface area contributed by atoms with Crippen LogP contribution in [-0.2, 0) is 20.2 Å². The van der Waals surface area contributed by atoms with E-state index in [9.17, 15) is 4.79 Å². The average Bonchev–Trinajstić information content (AvgIpc) is 2.99. The Morgan fingerprint density at radius 1 is 1.29 bits per heavy atom. The lowest BCUT2D eigenvalue weighted by Crippen LogP contribution is -2.27. The summed E-state index contributed by atoms with van der Waals surface area (Å²) in [5.41, 5.74) is 3.46. The molecule has 3 aromatic rings. The fourth-order valence-corrected chi connectivity index (χ4v) is 3.56. The van der Waals surface area contributed by atoms with E-state index >= 15 is 0 Å². The molecule has 146 valence electrons. The second-order valence-electron chi connectivity index (χ2n) is 6.62. The lowest BCUT2D eigenvalue weighted by Gasteiger charge is -2.18. The number of benzene rings is 2. The molecule has 0 atom stereocenters. The minimum absolute atomic E-state index is 0.0578. The summed E-state index contributed by atoms with van der Waals surface area (Å²) in [5.74, 6) is 0.719. The van der Waals surface area contributed by atoms with Crippen molar-refractivity contribution in [2.45, 2.75) is 20.1 Å². The molecule has 0 saturated carbocycles. The van der Waals surface area contributed by atoms with Crippen molar-refractivity contribution in [3.05, 3.63) is 80.5 Å². The van der Waals surface area contributed by atoms with Gasteiger partial charge in [0.2, 0.25) is 0 Å². The smallest absolute Gasteiger partial charge is 0.253 e. The van der Waals surface area contributed by atoms with E-state index in [0.29, 0.717) is 23.7 Å². The average molecular weight is 463 g/mol. The van der Waals surface area contributed by atoms with Crippen LogP contribution in [0.25, 0.3) is 0 Å². The molecule has 0 aliphatic heterocycles. The van der Waals surface area contributed by atoms with Gasteiger partial charge in [0.25, 0.3) is 5.91 Å². The number of hydrogen-bond acceptors (Lipinski definition) is 3. The molecule has 0 saturated heterocycles. The highest BCUT2D eigenvalue weighted by Gasteiger charge is 2.16. The van der Waals surface area contributed by atoms with E-state index in [2.05, 4.69) is 21.0 Å². The fourth-order valence-electron chi connectivity index (χ4n) is 2.86. The zero-order valence-corrected chi connectivity index (χ0v) is 18.3. The number of rotatable bonds is 6. The van der Waals surface area contributed by atoms with E-state index in [-0.39, 0.29) is 5.91 Å². The second-order valence-corrected chi connectivity index (χ2v) is 7.91. The molecule has 3 rings (SSSR count). The van der Waals surface area contributed by atoms with Gasteiger partial charge in [-0.05, 0) is 64.3 Å². The van der Waals surface area contributed by atoms with Crippen LogP contribution in [-0.4, -0.2) is 27.6 Å². The Morgan fingerprint density at radius 3 is 2.75 bits per heavy atom. The topological polar surface area (TPSA) is 47.4 Å². The number of nitrogens with zero attached hydrogens (tertiary/aromatic N) is 3. The van der Waals surface area contributed by atoms with Crippen LogP contribution in [0.4, 0.5) is 0 Å². The number of carbonyl (C=O) groups is 1. The zero-order valence-electron chi connectivity index (χ0n) is 15.9. The van der Waals surface area contributed by atoms with Crippen molar-refractivity contribution < 1.29 is 9.53 Å². The Balaban J connectivity index is 1.69. The van der Waals surface area contributed by atoms with Gasteiger partial charge in [0.05, 0.1) is 22.9 Å². The van der Waals surface area contributed by atoms with Crippen molar-refractivity contribution in [3.8, 4) is 5.75 Å². The lowest BCUT2D eigenvalue weighted by molar-refractivity contribution is 0.0781. The molecule has 7 heteroatoms. The van der Waals surface area contributed by atoms with Crippen molar-refractivity contribution in [3.63, 3.8) is 0 Å². The summed E-state index contributed by atoms with van der Waals surface area (Å²) < 4.78 is 8.53. The van der Waals surface area contributed by atoms with Gasteiger partial charge in [0, 0.05) is 24.7 Å². The Hall–Kier alpha value is -2.31. The highest BCUT2D eigenvalue weighted by Crippen LogP contribution is 2.23. The molecule has 2 aromatic carbocycles. The molecule has 5 nitrogen and oxygen atoms in total. The van der Waals surface area contributed by atoms with Crippen LogP contribution >= 0.6 is 27.5 Å². The normalized spacial score (nSPS) is 10.8. The van der Waals surface area contributed by atoms with Crippen molar-refractivity contribution in [2.75, 3.05) is 7.05 Å². The monoisotopic (exact) mass is 461 g/mol. The van der Waals surface area contributed by atoms with Crippen LogP contribution in [0, 0.1) is 6.92 Å². The standard InChI is InChI=1S/C21H21BrClN3O2/c1-14-9-17(23)7-8-20(14)28-13-15-5-4-6-16(10-15)21(27)25(2)12-19-18(22)11-24-26(19)3/h4-11H,12-13H2,1-3H3. The lowest BCUT2D eigenvalue weighted by atomic mass is 10.1. The summed E-state index contributed by atoms with van der Waals surface area (Å²) in [5, 5.41) is 4.87. The molecule has 0 unspecified atom stereocenters. The van der Waals surface area contributed by atoms with Gasteiger partial charge in [-0.3, -0.25) is 9.48 Å². The van der Waals surface area contributed by atoms with E-state index in [0.717, 1.165) is 27.0 Å². The summed E-state index contributed by atoms with van der Waals surface area (Å²) in [6.07, 6.45) is 1.73. The predicted molar refractivity (Wildman–Crippen MR) is 114 cm³/mol. The Bertz CT molecular complexity index is 984. The SMILES string of the molecule is Cc1cc(Cl)ccc1OCc1cccc(C(=O)N(C)Cc2c(Br)cnn2C)c1. The number of amides is 1. The van der Waals surface area contributed by atoms with E-state index in [4.69, 9.17) is 16.3 Å². The minimum atomic E-state index is -0.0578. The molecule has 0 bridgehead atoms. The van der Waals surface area contributed by atoms with Gasteiger partial charge in [0.15, 0.2) is 0 Å². The van der Waals surface area contributed by atoms with E-state index in [1.165, 1.54) is 0 Å². The number of carbonyl (C=O) groups excluding carboxylic acids is 1. The van der Waals surface area contributed by atoms with Gasteiger partial charge in [-0.25, -0.2) is 0 Å². The van der Waals surface area contributed by atoms with E-state index in [1.807, 2.05) is 50.4 Å². The van der Waals surface area contributed by atoms with Gasteiger partial charge >= 0.3 is 0 Å².